The third-order valence-corrected chi connectivity index (χ3v) is 3.28. The lowest BCUT2D eigenvalue weighted by Crippen LogP contribution is -2.12. The average molecular weight is 241 g/mol. The fourth-order valence-corrected chi connectivity index (χ4v) is 2.37. The first-order valence-corrected chi connectivity index (χ1v) is 5.87. The van der Waals surface area contributed by atoms with Gasteiger partial charge >= 0.3 is 0 Å². The largest absolute Gasteiger partial charge is 0.496 e. The van der Waals surface area contributed by atoms with Crippen LogP contribution in [0, 0.1) is 5.92 Å². The van der Waals surface area contributed by atoms with Crippen molar-refractivity contribution in [2.24, 2.45) is 5.92 Å². The molecule has 2 rings (SSSR count). The number of hydrogen-bond donors (Lipinski definition) is 1. The van der Waals surface area contributed by atoms with Crippen molar-refractivity contribution in [3.05, 3.63) is 29.3 Å². The van der Waals surface area contributed by atoms with E-state index in [-0.39, 0.29) is 5.56 Å². The Kier molecular flexibility index (Phi) is 3.94. The molecule has 1 fully saturated rings. The van der Waals surface area contributed by atoms with Gasteiger partial charge in [0, 0.05) is 11.1 Å². The summed E-state index contributed by atoms with van der Waals surface area (Å²) in [4.78, 5) is 0. The van der Waals surface area contributed by atoms with Gasteiger partial charge in [-0.05, 0) is 37.9 Å². The SMILES string of the molecule is COc1cccc(C(F)F)c1CC1CCNC1. The number of ether oxygens (including phenoxy) is 1. The van der Waals surface area contributed by atoms with E-state index >= 15 is 0 Å². The van der Waals surface area contributed by atoms with Crippen LogP contribution in [0.1, 0.15) is 24.0 Å². The van der Waals surface area contributed by atoms with E-state index in [1.54, 1.807) is 12.1 Å². The van der Waals surface area contributed by atoms with Crippen LogP contribution in [-0.2, 0) is 6.42 Å². The van der Waals surface area contributed by atoms with E-state index in [2.05, 4.69) is 5.32 Å². The highest BCUT2D eigenvalue weighted by Gasteiger charge is 2.22. The molecule has 1 aliphatic rings. The number of nitrogens with one attached hydrogen (secondary N) is 1. The van der Waals surface area contributed by atoms with Crippen LogP contribution in [0.2, 0.25) is 0 Å². The van der Waals surface area contributed by atoms with Crippen molar-refractivity contribution in [3.63, 3.8) is 0 Å². The third-order valence-electron chi connectivity index (χ3n) is 3.28. The van der Waals surface area contributed by atoms with Crippen molar-refractivity contribution in [2.45, 2.75) is 19.3 Å². The van der Waals surface area contributed by atoms with Gasteiger partial charge in [-0.3, -0.25) is 0 Å². The summed E-state index contributed by atoms with van der Waals surface area (Å²) in [7, 11) is 1.53. The highest BCUT2D eigenvalue weighted by atomic mass is 19.3. The first-order valence-electron chi connectivity index (χ1n) is 5.87. The molecule has 0 aromatic heterocycles. The van der Waals surface area contributed by atoms with Gasteiger partial charge in [-0.15, -0.1) is 0 Å². The van der Waals surface area contributed by atoms with E-state index in [9.17, 15) is 8.78 Å². The van der Waals surface area contributed by atoms with Crippen molar-refractivity contribution in [2.75, 3.05) is 20.2 Å². The molecule has 0 aliphatic carbocycles. The number of rotatable bonds is 4. The molecule has 1 heterocycles. The Morgan fingerprint density at radius 1 is 1.47 bits per heavy atom. The Morgan fingerprint density at radius 2 is 2.29 bits per heavy atom. The Balaban J connectivity index is 2.27. The maximum absolute atomic E-state index is 12.9. The van der Waals surface area contributed by atoms with Crippen molar-refractivity contribution in [1.82, 2.24) is 5.32 Å². The van der Waals surface area contributed by atoms with Crippen molar-refractivity contribution >= 4 is 0 Å². The third kappa shape index (κ3) is 2.75. The second kappa shape index (κ2) is 5.45. The second-order valence-corrected chi connectivity index (χ2v) is 4.39. The molecule has 1 aromatic rings. The fraction of sp³-hybridized carbons (Fsp3) is 0.538. The lowest BCUT2D eigenvalue weighted by Gasteiger charge is -2.16. The maximum atomic E-state index is 12.9. The Hall–Kier alpha value is -1.16. The average Bonchev–Trinajstić information content (AvgIpc) is 2.82. The summed E-state index contributed by atoms with van der Waals surface area (Å²) < 4.78 is 31.1. The molecule has 1 aromatic carbocycles. The lowest BCUT2D eigenvalue weighted by atomic mass is 9.94. The first kappa shape index (κ1) is 12.3. The monoisotopic (exact) mass is 241 g/mol. The summed E-state index contributed by atoms with van der Waals surface area (Å²) in [6.07, 6.45) is -0.730. The van der Waals surface area contributed by atoms with Gasteiger partial charge < -0.3 is 10.1 Å². The van der Waals surface area contributed by atoms with Gasteiger partial charge in [0.2, 0.25) is 0 Å². The first-order chi connectivity index (χ1) is 8.22. The van der Waals surface area contributed by atoms with E-state index in [1.165, 1.54) is 13.2 Å². The van der Waals surface area contributed by atoms with Gasteiger partial charge in [0.1, 0.15) is 5.75 Å². The molecule has 1 aliphatic heterocycles. The Morgan fingerprint density at radius 3 is 2.88 bits per heavy atom. The summed E-state index contributed by atoms with van der Waals surface area (Å²) in [5.74, 6) is 1.01. The highest BCUT2D eigenvalue weighted by Crippen LogP contribution is 2.32. The minimum atomic E-state index is -2.44. The van der Waals surface area contributed by atoms with Gasteiger partial charge in [0.05, 0.1) is 7.11 Å². The number of benzene rings is 1. The fourth-order valence-electron chi connectivity index (χ4n) is 2.37. The summed E-state index contributed by atoms with van der Waals surface area (Å²) in [6.45, 7) is 1.88. The molecule has 1 saturated heterocycles. The van der Waals surface area contributed by atoms with Crippen LogP contribution in [0.25, 0.3) is 0 Å². The van der Waals surface area contributed by atoms with Gasteiger partial charge in [-0.1, -0.05) is 12.1 Å². The standard InChI is InChI=1S/C13H17F2NO/c1-17-12-4-2-3-10(13(14)15)11(12)7-9-5-6-16-8-9/h2-4,9,13,16H,5-8H2,1H3. The molecular formula is C13H17F2NO. The van der Waals surface area contributed by atoms with Crippen LogP contribution in [0.15, 0.2) is 18.2 Å². The summed E-state index contributed by atoms with van der Waals surface area (Å²) >= 11 is 0. The molecule has 0 saturated carbocycles. The Bertz CT molecular complexity index is 376. The smallest absolute Gasteiger partial charge is 0.264 e. The highest BCUT2D eigenvalue weighted by molar-refractivity contribution is 5.41. The lowest BCUT2D eigenvalue weighted by molar-refractivity contribution is 0.149. The topological polar surface area (TPSA) is 21.3 Å². The number of methoxy groups -OCH3 is 1. The maximum Gasteiger partial charge on any atom is 0.264 e. The van der Waals surface area contributed by atoms with Crippen LogP contribution < -0.4 is 10.1 Å². The van der Waals surface area contributed by atoms with Crippen LogP contribution in [0.4, 0.5) is 8.78 Å². The number of hydrogen-bond acceptors (Lipinski definition) is 2. The number of halogens is 2. The predicted molar refractivity (Wildman–Crippen MR) is 62.6 cm³/mol. The van der Waals surface area contributed by atoms with E-state index in [0.717, 1.165) is 19.5 Å². The van der Waals surface area contributed by atoms with E-state index in [0.29, 0.717) is 23.7 Å². The van der Waals surface area contributed by atoms with Crippen LogP contribution in [0.3, 0.4) is 0 Å². The van der Waals surface area contributed by atoms with E-state index in [4.69, 9.17) is 4.74 Å². The molecule has 17 heavy (non-hydrogen) atoms. The summed E-state index contributed by atoms with van der Waals surface area (Å²) in [5, 5.41) is 3.25. The van der Waals surface area contributed by atoms with Gasteiger partial charge in [0.25, 0.3) is 6.43 Å². The molecule has 4 heteroatoms. The quantitative estimate of drug-likeness (QED) is 0.875. The zero-order chi connectivity index (χ0) is 12.3. The second-order valence-electron chi connectivity index (χ2n) is 4.39. The zero-order valence-electron chi connectivity index (χ0n) is 9.88. The molecule has 94 valence electrons. The van der Waals surface area contributed by atoms with E-state index in [1.807, 2.05) is 0 Å². The minimum absolute atomic E-state index is 0.108. The molecular weight excluding hydrogens is 224 g/mol. The predicted octanol–water partition coefficient (Wildman–Crippen LogP) is 2.78. The summed E-state index contributed by atoms with van der Waals surface area (Å²) in [6, 6.07) is 4.87. The van der Waals surface area contributed by atoms with Crippen molar-refractivity contribution in [1.29, 1.82) is 0 Å². The van der Waals surface area contributed by atoms with E-state index < -0.39 is 6.43 Å². The minimum Gasteiger partial charge on any atom is -0.496 e. The summed E-state index contributed by atoms with van der Waals surface area (Å²) in [5.41, 5.74) is 0.773. The molecule has 1 N–H and O–H groups in total. The van der Waals surface area contributed by atoms with Gasteiger partial charge in [-0.2, -0.15) is 0 Å². The molecule has 2 nitrogen and oxygen atoms in total. The van der Waals surface area contributed by atoms with Crippen LogP contribution in [0.5, 0.6) is 5.75 Å². The Labute approximate surface area is 100.0 Å². The van der Waals surface area contributed by atoms with Crippen molar-refractivity contribution in [3.8, 4) is 5.75 Å². The number of alkyl halides is 2. The van der Waals surface area contributed by atoms with Crippen LogP contribution in [-0.4, -0.2) is 20.2 Å². The normalized spacial score (nSPS) is 19.9. The molecule has 0 bridgehead atoms. The molecule has 0 radical (unpaired) electrons. The molecule has 0 amide bonds. The molecule has 0 spiro atoms. The molecule has 1 atom stereocenters. The van der Waals surface area contributed by atoms with Gasteiger partial charge in [-0.25, -0.2) is 8.78 Å². The van der Waals surface area contributed by atoms with Crippen LogP contribution >= 0.6 is 0 Å². The zero-order valence-corrected chi connectivity index (χ0v) is 9.88. The van der Waals surface area contributed by atoms with Crippen molar-refractivity contribution < 1.29 is 13.5 Å². The van der Waals surface area contributed by atoms with Gasteiger partial charge in [0.15, 0.2) is 0 Å². The molecule has 1 unspecified atom stereocenters.